The Morgan fingerprint density at radius 1 is 1.39 bits per heavy atom. The third-order valence-corrected chi connectivity index (χ3v) is 5.54. The molecule has 18 heavy (non-hydrogen) atoms. The highest BCUT2D eigenvalue weighted by Gasteiger charge is 2.17. The van der Waals surface area contributed by atoms with E-state index in [2.05, 4.69) is 44.3 Å². The Hall–Kier alpha value is -0.580. The van der Waals surface area contributed by atoms with Crippen molar-refractivity contribution in [2.24, 2.45) is 5.73 Å². The maximum atomic E-state index is 6.24. The van der Waals surface area contributed by atoms with Crippen LogP contribution >= 0.6 is 27.3 Å². The van der Waals surface area contributed by atoms with Gasteiger partial charge in [-0.2, -0.15) is 0 Å². The highest BCUT2D eigenvalue weighted by molar-refractivity contribution is 9.10. The van der Waals surface area contributed by atoms with Crippen LogP contribution in [-0.2, 0) is 13.0 Å². The summed E-state index contributed by atoms with van der Waals surface area (Å²) in [5.74, 6) is 0. The topological polar surface area (TPSA) is 30.9 Å². The molecule has 1 atom stereocenters. The minimum absolute atomic E-state index is 0.232. The van der Waals surface area contributed by atoms with Crippen LogP contribution in [-0.4, -0.2) is 4.57 Å². The van der Waals surface area contributed by atoms with Crippen LogP contribution in [0.2, 0.25) is 0 Å². The van der Waals surface area contributed by atoms with Crippen LogP contribution in [0.4, 0.5) is 0 Å². The van der Waals surface area contributed by atoms with Gasteiger partial charge in [-0.1, -0.05) is 6.42 Å². The molecule has 0 amide bonds. The number of hydrogen-bond acceptors (Lipinski definition) is 2. The van der Waals surface area contributed by atoms with Gasteiger partial charge in [-0.15, -0.1) is 11.3 Å². The number of hydrogen-bond donors (Lipinski definition) is 1. The smallest absolute Gasteiger partial charge is 0.0575 e. The molecule has 1 unspecified atom stereocenters. The van der Waals surface area contributed by atoms with Crippen molar-refractivity contribution in [3.05, 3.63) is 44.3 Å². The standard InChI is InChI=1S/C14H17BrN2S/c15-12-5-6-18-14(12)9-17-7-10-3-1-2-4-13(16)11(10)8-17/h5-8,13H,1-4,9,16H2. The Morgan fingerprint density at radius 3 is 3.06 bits per heavy atom. The molecule has 0 saturated carbocycles. The SMILES string of the molecule is NC1CCCCc2cn(Cc3sccc3Br)cc21. The first-order valence-corrected chi connectivity index (χ1v) is 8.07. The summed E-state index contributed by atoms with van der Waals surface area (Å²) in [7, 11) is 0. The van der Waals surface area contributed by atoms with Gasteiger partial charge in [0.15, 0.2) is 0 Å². The van der Waals surface area contributed by atoms with Crippen molar-refractivity contribution < 1.29 is 0 Å². The number of nitrogens with zero attached hydrogens (tertiary/aromatic N) is 1. The van der Waals surface area contributed by atoms with Gasteiger partial charge in [0.05, 0.1) is 6.54 Å². The molecule has 2 N–H and O–H groups in total. The first kappa shape index (κ1) is 12.5. The monoisotopic (exact) mass is 324 g/mol. The van der Waals surface area contributed by atoms with Gasteiger partial charge in [0.2, 0.25) is 0 Å². The maximum absolute atomic E-state index is 6.24. The van der Waals surface area contributed by atoms with E-state index in [0.717, 1.165) is 13.0 Å². The van der Waals surface area contributed by atoms with E-state index in [1.54, 1.807) is 11.3 Å². The third kappa shape index (κ3) is 2.42. The minimum Gasteiger partial charge on any atom is -0.348 e. The molecule has 2 nitrogen and oxygen atoms in total. The van der Waals surface area contributed by atoms with Gasteiger partial charge in [-0.05, 0) is 57.8 Å². The molecule has 0 radical (unpaired) electrons. The fourth-order valence-electron chi connectivity index (χ4n) is 2.65. The predicted molar refractivity (Wildman–Crippen MR) is 80.0 cm³/mol. The van der Waals surface area contributed by atoms with Crippen LogP contribution in [0.15, 0.2) is 28.3 Å². The molecular formula is C14H17BrN2S. The van der Waals surface area contributed by atoms with Gasteiger partial charge in [-0.3, -0.25) is 0 Å². The van der Waals surface area contributed by atoms with E-state index < -0.39 is 0 Å². The Kier molecular flexibility index (Phi) is 3.59. The summed E-state index contributed by atoms with van der Waals surface area (Å²) in [5.41, 5.74) is 9.06. The largest absolute Gasteiger partial charge is 0.348 e. The average Bonchev–Trinajstić information content (AvgIpc) is 2.89. The lowest BCUT2D eigenvalue weighted by Gasteiger charge is -2.07. The number of aromatic nitrogens is 1. The van der Waals surface area contributed by atoms with E-state index in [1.165, 1.54) is 39.7 Å². The van der Waals surface area contributed by atoms with Crippen molar-refractivity contribution in [3.8, 4) is 0 Å². The molecule has 0 aromatic carbocycles. The van der Waals surface area contributed by atoms with Crippen molar-refractivity contribution in [3.63, 3.8) is 0 Å². The second kappa shape index (κ2) is 5.19. The Bertz CT molecular complexity index is 544. The summed E-state index contributed by atoms with van der Waals surface area (Å²) in [6.45, 7) is 0.942. The van der Waals surface area contributed by atoms with Gasteiger partial charge >= 0.3 is 0 Å². The summed E-state index contributed by atoms with van der Waals surface area (Å²) in [6, 6.07) is 2.34. The Balaban J connectivity index is 1.87. The van der Waals surface area contributed by atoms with Crippen molar-refractivity contribution in [2.45, 2.75) is 38.3 Å². The zero-order valence-electron chi connectivity index (χ0n) is 10.2. The molecule has 3 rings (SSSR count). The van der Waals surface area contributed by atoms with E-state index in [1.807, 2.05) is 0 Å². The molecule has 0 saturated heterocycles. The molecule has 0 spiro atoms. The van der Waals surface area contributed by atoms with Crippen LogP contribution in [0.1, 0.15) is 41.3 Å². The molecule has 2 heterocycles. The molecule has 2 aromatic rings. The zero-order chi connectivity index (χ0) is 12.5. The molecular weight excluding hydrogens is 308 g/mol. The first-order valence-electron chi connectivity index (χ1n) is 6.40. The van der Waals surface area contributed by atoms with Gasteiger partial charge in [0.1, 0.15) is 0 Å². The number of aryl methyl sites for hydroxylation is 1. The molecule has 4 heteroatoms. The fourth-order valence-corrected chi connectivity index (χ4v) is 4.13. The van der Waals surface area contributed by atoms with Gasteiger partial charge in [0.25, 0.3) is 0 Å². The van der Waals surface area contributed by atoms with E-state index in [4.69, 9.17) is 5.73 Å². The lowest BCUT2D eigenvalue weighted by molar-refractivity contribution is 0.610. The molecule has 0 bridgehead atoms. The lowest BCUT2D eigenvalue weighted by atomic mass is 10.1. The second-order valence-corrected chi connectivity index (χ2v) is 6.81. The second-order valence-electron chi connectivity index (χ2n) is 4.96. The van der Waals surface area contributed by atoms with Gasteiger partial charge < -0.3 is 10.3 Å². The Labute approximate surface area is 120 Å². The summed E-state index contributed by atoms with van der Waals surface area (Å²) < 4.78 is 3.49. The van der Waals surface area contributed by atoms with Crippen LogP contribution < -0.4 is 5.73 Å². The van der Waals surface area contributed by atoms with E-state index in [-0.39, 0.29) is 6.04 Å². The number of rotatable bonds is 2. The highest BCUT2D eigenvalue weighted by Crippen LogP contribution is 2.29. The highest BCUT2D eigenvalue weighted by atomic mass is 79.9. The molecule has 0 aliphatic heterocycles. The predicted octanol–water partition coefficient (Wildman–Crippen LogP) is 4.09. The fraction of sp³-hybridized carbons (Fsp3) is 0.429. The molecule has 96 valence electrons. The Morgan fingerprint density at radius 2 is 2.28 bits per heavy atom. The summed E-state index contributed by atoms with van der Waals surface area (Å²) >= 11 is 5.39. The van der Waals surface area contributed by atoms with Crippen molar-refractivity contribution in [2.75, 3.05) is 0 Å². The minimum atomic E-state index is 0.232. The first-order chi connectivity index (χ1) is 8.74. The van der Waals surface area contributed by atoms with Gasteiger partial charge in [-0.25, -0.2) is 0 Å². The summed E-state index contributed by atoms with van der Waals surface area (Å²) in [6.07, 6.45) is 9.37. The van der Waals surface area contributed by atoms with E-state index in [0.29, 0.717) is 0 Å². The average molecular weight is 325 g/mol. The number of fused-ring (bicyclic) bond motifs is 1. The number of nitrogens with two attached hydrogens (primary N) is 1. The molecule has 2 aromatic heterocycles. The summed E-state index contributed by atoms with van der Waals surface area (Å²) in [4.78, 5) is 1.37. The van der Waals surface area contributed by atoms with Crippen LogP contribution in [0.25, 0.3) is 0 Å². The van der Waals surface area contributed by atoms with Gasteiger partial charge in [0, 0.05) is 27.8 Å². The molecule has 1 aliphatic rings. The number of thiophene rings is 1. The third-order valence-electron chi connectivity index (χ3n) is 3.63. The van der Waals surface area contributed by atoms with Crippen LogP contribution in [0.3, 0.4) is 0 Å². The van der Waals surface area contributed by atoms with Crippen LogP contribution in [0, 0.1) is 0 Å². The number of halogens is 1. The van der Waals surface area contributed by atoms with Crippen molar-refractivity contribution in [1.29, 1.82) is 0 Å². The van der Waals surface area contributed by atoms with Crippen LogP contribution in [0.5, 0.6) is 0 Å². The van der Waals surface area contributed by atoms with Crippen molar-refractivity contribution >= 4 is 27.3 Å². The molecule has 1 aliphatic carbocycles. The zero-order valence-corrected chi connectivity index (χ0v) is 12.6. The van der Waals surface area contributed by atoms with E-state index >= 15 is 0 Å². The molecule has 0 fully saturated rings. The maximum Gasteiger partial charge on any atom is 0.0575 e. The normalized spacial score (nSPS) is 19.6. The summed E-state index contributed by atoms with van der Waals surface area (Å²) in [5, 5.41) is 2.12. The quantitative estimate of drug-likeness (QED) is 0.829. The van der Waals surface area contributed by atoms with E-state index in [9.17, 15) is 0 Å². The van der Waals surface area contributed by atoms with Crippen molar-refractivity contribution in [1.82, 2.24) is 4.57 Å². The lowest BCUT2D eigenvalue weighted by Crippen LogP contribution is -2.09.